The van der Waals surface area contributed by atoms with Crippen molar-refractivity contribution in [2.24, 2.45) is 0 Å². The maximum Gasteiger partial charge on any atom is 0.142 e. The normalized spacial score (nSPS) is 10.7. The van der Waals surface area contributed by atoms with E-state index in [2.05, 4.69) is 61.4 Å². The minimum absolute atomic E-state index is 0.891. The molecule has 3 rings (SSSR count). The van der Waals surface area contributed by atoms with Crippen molar-refractivity contribution in [3.8, 4) is 0 Å². The van der Waals surface area contributed by atoms with Crippen LogP contribution in [0.4, 0.5) is 0 Å². The summed E-state index contributed by atoms with van der Waals surface area (Å²) in [6.07, 6.45) is 2.86. The lowest BCUT2D eigenvalue weighted by Gasteiger charge is -2.08. The van der Waals surface area contributed by atoms with Crippen molar-refractivity contribution in [2.45, 2.75) is 6.42 Å². The Balaban J connectivity index is 2.10. The van der Waals surface area contributed by atoms with E-state index in [0.29, 0.717) is 0 Å². The zero-order valence-electron chi connectivity index (χ0n) is 10.4. The molecule has 1 heterocycles. The molecule has 18 heavy (non-hydrogen) atoms. The van der Waals surface area contributed by atoms with E-state index in [1.54, 1.807) is 0 Å². The molecule has 0 spiro atoms. The molecular weight excluding hydrogens is 217 g/mol. The van der Waals surface area contributed by atoms with Crippen LogP contribution in [0, 0.1) is 0 Å². The minimum atomic E-state index is 0.891. The van der Waals surface area contributed by atoms with Crippen molar-refractivity contribution >= 4 is 24.1 Å². The second kappa shape index (κ2) is 4.65. The Morgan fingerprint density at radius 3 is 2.28 bits per heavy atom. The van der Waals surface area contributed by atoms with E-state index in [4.69, 9.17) is 0 Å². The number of fused-ring (bicyclic) bond motifs is 1. The van der Waals surface area contributed by atoms with Gasteiger partial charge in [0, 0.05) is 18.0 Å². The number of pyridine rings is 1. The van der Waals surface area contributed by atoms with Gasteiger partial charge in [-0.2, -0.15) is 0 Å². The van der Waals surface area contributed by atoms with E-state index in [1.165, 1.54) is 21.8 Å². The molecule has 2 aromatic carbocycles. The first-order valence-corrected chi connectivity index (χ1v) is 6.22. The first-order valence-electron chi connectivity index (χ1n) is 6.22. The number of benzene rings is 2. The summed E-state index contributed by atoms with van der Waals surface area (Å²) in [6.45, 7) is 0. The van der Waals surface area contributed by atoms with Crippen molar-refractivity contribution in [1.82, 2.24) is 4.98 Å². The molecule has 0 unspecified atom stereocenters. The largest absolute Gasteiger partial charge is 0.261 e. The highest BCUT2D eigenvalue weighted by Gasteiger charge is 2.05. The number of rotatable bonds is 2. The van der Waals surface area contributed by atoms with Crippen LogP contribution in [0.15, 0.2) is 60.8 Å². The van der Waals surface area contributed by atoms with Crippen LogP contribution >= 0.6 is 0 Å². The lowest BCUT2D eigenvalue weighted by molar-refractivity contribution is 1.10. The SMILES string of the molecule is Bc1cnc(Cc2ccccc2)c2ccccc12. The standard InChI is InChI=1S/C16H14BN/c17-15-11-18-16(10-12-6-2-1-3-7-12)14-9-5-4-8-13(14)15/h1-9,11H,10,17H2. The Morgan fingerprint density at radius 1 is 0.833 bits per heavy atom. The van der Waals surface area contributed by atoms with Gasteiger partial charge in [-0.3, -0.25) is 4.98 Å². The highest BCUT2D eigenvalue weighted by atomic mass is 14.7. The highest BCUT2D eigenvalue weighted by molar-refractivity contribution is 6.38. The Kier molecular flexibility index (Phi) is 2.85. The fourth-order valence-electron chi connectivity index (χ4n) is 2.32. The number of hydrogen-bond donors (Lipinski definition) is 0. The third-order valence-electron chi connectivity index (χ3n) is 3.29. The molecule has 0 fully saturated rings. The molecule has 1 aromatic heterocycles. The van der Waals surface area contributed by atoms with Gasteiger partial charge >= 0.3 is 0 Å². The van der Waals surface area contributed by atoms with Gasteiger partial charge < -0.3 is 0 Å². The molecule has 0 amide bonds. The van der Waals surface area contributed by atoms with Crippen molar-refractivity contribution in [3.63, 3.8) is 0 Å². The molecule has 0 bridgehead atoms. The van der Waals surface area contributed by atoms with Crippen LogP contribution in [0.2, 0.25) is 0 Å². The van der Waals surface area contributed by atoms with Gasteiger partial charge in [-0.15, -0.1) is 0 Å². The summed E-state index contributed by atoms with van der Waals surface area (Å²) in [4.78, 5) is 4.60. The van der Waals surface area contributed by atoms with Gasteiger partial charge in [0.25, 0.3) is 0 Å². The molecule has 0 atom stereocenters. The maximum atomic E-state index is 4.60. The van der Waals surface area contributed by atoms with Crippen molar-refractivity contribution in [3.05, 3.63) is 72.1 Å². The molecule has 0 saturated carbocycles. The first-order chi connectivity index (χ1) is 8.84. The van der Waals surface area contributed by atoms with E-state index < -0.39 is 0 Å². The Labute approximate surface area is 108 Å². The topological polar surface area (TPSA) is 12.9 Å². The number of hydrogen-bond acceptors (Lipinski definition) is 1. The number of nitrogens with zero attached hydrogens (tertiary/aromatic N) is 1. The fraction of sp³-hybridized carbons (Fsp3) is 0.0625. The Morgan fingerprint density at radius 2 is 1.50 bits per heavy atom. The van der Waals surface area contributed by atoms with Crippen LogP contribution in [-0.4, -0.2) is 12.8 Å². The molecule has 0 aliphatic heterocycles. The molecule has 86 valence electrons. The van der Waals surface area contributed by atoms with Gasteiger partial charge in [0.2, 0.25) is 0 Å². The molecule has 0 aliphatic carbocycles. The molecule has 1 nitrogen and oxygen atoms in total. The van der Waals surface area contributed by atoms with E-state index in [1.807, 2.05) is 12.3 Å². The third kappa shape index (κ3) is 2.02. The maximum absolute atomic E-state index is 4.60. The highest BCUT2D eigenvalue weighted by Crippen LogP contribution is 2.17. The van der Waals surface area contributed by atoms with Gasteiger partial charge in [-0.1, -0.05) is 60.1 Å². The lowest BCUT2D eigenvalue weighted by atomic mass is 9.90. The van der Waals surface area contributed by atoms with Gasteiger partial charge in [0.1, 0.15) is 7.85 Å². The van der Waals surface area contributed by atoms with E-state index in [0.717, 1.165) is 12.1 Å². The monoisotopic (exact) mass is 231 g/mol. The van der Waals surface area contributed by atoms with Crippen LogP contribution in [0.25, 0.3) is 10.8 Å². The Hall–Kier alpha value is -2.09. The predicted molar refractivity (Wildman–Crippen MR) is 79.2 cm³/mol. The summed E-state index contributed by atoms with van der Waals surface area (Å²) in [6, 6.07) is 19.0. The average molecular weight is 231 g/mol. The molecule has 3 aromatic rings. The van der Waals surface area contributed by atoms with Gasteiger partial charge in [-0.05, 0) is 10.9 Å². The van der Waals surface area contributed by atoms with E-state index in [-0.39, 0.29) is 0 Å². The van der Waals surface area contributed by atoms with Crippen LogP contribution < -0.4 is 5.46 Å². The van der Waals surface area contributed by atoms with Crippen LogP contribution in [0.5, 0.6) is 0 Å². The predicted octanol–water partition coefficient (Wildman–Crippen LogP) is 2.08. The van der Waals surface area contributed by atoms with E-state index in [9.17, 15) is 0 Å². The zero-order valence-corrected chi connectivity index (χ0v) is 10.4. The summed E-state index contributed by atoms with van der Waals surface area (Å²) in [5, 5.41) is 2.57. The molecular formula is C16H14BN. The average Bonchev–Trinajstić information content (AvgIpc) is 2.44. The molecule has 0 N–H and O–H groups in total. The molecule has 2 heteroatoms. The fourth-order valence-corrected chi connectivity index (χ4v) is 2.32. The lowest BCUT2D eigenvalue weighted by Crippen LogP contribution is -2.07. The van der Waals surface area contributed by atoms with Crippen molar-refractivity contribution in [2.75, 3.05) is 0 Å². The van der Waals surface area contributed by atoms with Crippen LogP contribution in [0.3, 0.4) is 0 Å². The smallest absolute Gasteiger partial charge is 0.142 e. The third-order valence-corrected chi connectivity index (χ3v) is 3.29. The number of aromatic nitrogens is 1. The molecule has 0 radical (unpaired) electrons. The van der Waals surface area contributed by atoms with Gasteiger partial charge in [0.05, 0.1) is 5.69 Å². The quantitative estimate of drug-likeness (QED) is 0.615. The minimum Gasteiger partial charge on any atom is -0.261 e. The summed E-state index contributed by atoms with van der Waals surface area (Å²) in [7, 11) is 2.11. The summed E-state index contributed by atoms with van der Waals surface area (Å²) >= 11 is 0. The molecule has 0 aliphatic rings. The first kappa shape index (κ1) is 11.0. The summed E-state index contributed by atoms with van der Waals surface area (Å²) in [5.74, 6) is 0. The second-order valence-corrected chi connectivity index (χ2v) is 4.60. The van der Waals surface area contributed by atoms with Gasteiger partial charge in [0.15, 0.2) is 0 Å². The summed E-state index contributed by atoms with van der Waals surface area (Å²) < 4.78 is 0. The second-order valence-electron chi connectivity index (χ2n) is 4.60. The Bertz CT molecular complexity index is 677. The van der Waals surface area contributed by atoms with Crippen LogP contribution in [0.1, 0.15) is 11.3 Å². The van der Waals surface area contributed by atoms with Crippen molar-refractivity contribution < 1.29 is 0 Å². The summed E-state index contributed by atoms with van der Waals surface area (Å²) in [5.41, 5.74) is 3.70. The van der Waals surface area contributed by atoms with Crippen LogP contribution in [-0.2, 0) is 6.42 Å². The van der Waals surface area contributed by atoms with Crippen molar-refractivity contribution in [1.29, 1.82) is 0 Å². The molecule has 0 saturated heterocycles. The zero-order chi connectivity index (χ0) is 12.4. The van der Waals surface area contributed by atoms with E-state index >= 15 is 0 Å². The van der Waals surface area contributed by atoms with Gasteiger partial charge in [-0.25, -0.2) is 0 Å².